The van der Waals surface area contributed by atoms with Crippen LogP contribution in [0.4, 0.5) is 0 Å². The predicted molar refractivity (Wildman–Crippen MR) is 81.9 cm³/mol. The summed E-state index contributed by atoms with van der Waals surface area (Å²) in [6.07, 6.45) is 5.75. The van der Waals surface area contributed by atoms with Crippen molar-refractivity contribution in [2.45, 2.75) is 44.4 Å². The van der Waals surface area contributed by atoms with Gasteiger partial charge in [0.05, 0.1) is 19.6 Å². The van der Waals surface area contributed by atoms with Gasteiger partial charge >= 0.3 is 0 Å². The van der Waals surface area contributed by atoms with Crippen molar-refractivity contribution in [3.8, 4) is 11.5 Å². The summed E-state index contributed by atoms with van der Waals surface area (Å²) in [6.45, 7) is 2.20. The largest absolute Gasteiger partial charge is 0.495 e. The first-order valence-corrected chi connectivity index (χ1v) is 7.51. The van der Waals surface area contributed by atoms with E-state index in [0.29, 0.717) is 16.5 Å². The second-order valence-corrected chi connectivity index (χ2v) is 5.43. The molecule has 0 bridgehead atoms. The average Bonchev–Trinajstić information content (AvgIpc) is 2.43. The zero-order valence-electron chi connectivity index (χ0n) is 11.8. The summed E-state index contributed by atoms with van der Waals surface area (Å²) in [6, 6.07) is 3.77. The molecule has 0 spiro atoms. The number of rotatable bonds is 8. The Balaban J connectivity index is 2.78. The van der Waals surface area contributed by atoms with E-state index in [1.807, 2.05) is 12.1 Å². The van der Waals surface area contributed by atoms with Crippen LogP contribution < -0.4 is 9.47 Å². The van der Waals surface area contributed by atoms with Crippen LogP contribution in [0, 0.1) is 0 Å². The van der Waals surface area contributed by atoms with Crippen molar-refractivity contribution in [2.75, 3.05) is 14.2 Å². The number of unbranched alkanes of at least 4 members (excludes halogenated alkanes) is 3. The highest BCUT2D eigenvalue weighted by Crippen LogP contribution is 2.42. The van der Waals surface area contributed by atoms with E-state index in [1.54, 1.807) is 14.2 Å². The molecule has 108 valence electrons. The minimum absolute atomic E-state index is 0.0739. The van der Waals surface area contributed by atoms with Crippen LogP contribution in [0.3, 0.4) is 0 Å². The Morgan fingerprint density at radius 1 is 1.11 bits per heavy atom. The third kappa shape index (κ3) is 4.47. The maximum Gasteiger partial charge on any atom is 0.145 e. The lowest BCUT2D eigenvalue weighted by atomic mass is 10.0. The quantitative estimate of drug-likeness (QED) is 0.459. The first kappa shape index (κ1) is 16.5. The standard InChI is InChI=1S/C15H22Cl2O2/c1-4-5-6-7-8-12(16)11-9-10-13(18-2)14(17)15(11)19-3/h9-10,12H,4-8H2,1-3H3. The molecule has 0 radical (unpaired) electrons. The van der Waals surface area contributed by atoms with E-state index in [9.17, 15) is 0 Å². The highest BCUT2D eigenvalue weighted by Gasteiger charge is 2.18. The Labute approximate surface area is 126 Å². The second kappa shape index (κ2) is 8.55. The van der Waals surface area contributed by atoms with Crippen molar-refractivity contribution in [1.29, 1.82) is 0 Å². The van der Waals surface area contributed by atoms with Crippen molar-refractivity contribution >= 4 is 23.2 Å². The third-order valence-electron chi connectivity index (χ3n) is 3.16. The molecule has 2 nitrogen and oxygen atoms in total. The van der Waals surface area contributed by atoms with Gasteiger partial charge in [-0.1, -0.05) is 50.3 Å². The number of ether oxygens (including phenoxy) is 2. The molecule has 0 aliphatic rings. The molecule has 0 amide bonds. The number of benzene rings is 1. The summed E-state index contributed by atoms with van der Waals surface area (Å²) in [5.74, 6) is 1.23. The molecule has 0 saturated heterocycles. The van der Waals surface area contributed by atoms with Crippen LogP contribution in [0.15, 0.2) is 12.1 Å². The molecule has 4 heteroatoms. The van der Waals surface area contributed by atoms with Gasteiger partial charge in [0.25, 0.3) is 0 Å². The van der Waals surface area contributed by atoms with Crippen LogP contribution in [0.2, 0.25) is 5.02 Å². The van der Waals surface area contributed by atoms with E-state index >= 15 is 0 Å². The van der Waals surface area contributed by atoms with Gasteiger partial charge in [0.15, 0.2) is 0 Å². The van der Waals surface area contributed by atoms with E-state index < -0.39 is 0 Å². The fourth-order valence-corrected chi connectivity index (χ4v) is 2.72. The summed E-state index contributed by atoms with van der Waals surface area (Å²) >= 11 is 12.7. The summed E-state index contributed by atoms with van der Waals surface area (Å²) in [5.41, 5.74) is 0.937. The molecular formula is C15H22Cl2O2. The Bertz CT molecular complexity index is 394. The van der Waals surface area contributed by atoms with Gasteiger partial charge in [0.2, 0.25) is 0 Å². The van der Waals surface area contributed by atoms with Gasteiger partial charge in [0, 0.05) is 5.56 Å². The van der Waals surface area contributed by atoms with Crippen molar-refractivity contribution in [1.82, 2.24) is 0 Å². The maximum atomic E-state index is 6.46. The molecule has 0 N–H and O–H groups in total. The lowest BCUT2D eigenvalue weighted by Gasteiger charge is -2.16. The van der Waals surface area contributed by atoms with Crippen LogP contribution >= 0.6 is 23.2 Å². The minimum Gasteiger partial charge on any atom is -0.495 e. The number of hydrogen-bond acceptors (Lipinski definition) is 2. The number of methoxy groups -OCH3 is 2. The van der Waals surface area contributed by atoms with Crippen molar-refractivity contribution < 1.29 is 9.47 Å². The molecule has 1 unspecified atom stereocenters. The van der Waals surface area contributed by atoms with Crippen molar-refractivity contribution in [2.24, 2.45) is 0 Å². The van der Waals surface area contributed by atoms with Gasteiger partial charge in [-0.3, -0.25) is 0 Å². The molecule has 0 saturated carbocycles. The molecule has 1 aromatic rings. The zero-order chi connectivity index (χ0) is 14.3. The van der Waals surface area contributed by atoms with Gasteiger partial charge in [-0.25, -0.2) is 0 Å². The molecular weight excluding hydrogens is 283 g/mol. The summed E-state index contributed by atoms with van der Waals surface area (Å²) < 4.78 is 10.6. The highest BCUT2D eigenvalue weighted by molar-refractivity contribution is 6.34. The number of hydrogen-bond donors (Lipinski definition) is 0. The lowest BCUT2D eigenvalue weighted by Crippen LogP contribution is -1.98. The van der Waals surface area contributed by atoms with Crippen LogP contribution in [0.5, 0.6) is 11.5 Å². The van der Waals surface area contributed by atoms with Crippen LogP contribution in [0.25, 0.3) is 0 Å². The SMILES string of the molecule is CCCCCCC(Cl)c1ccc(OC)c(Cl)c1OC. The molecule has 0 aliphatic carbocycles. The van der Waals surface area contributed by atoms with E-state index in [2.05, 4.69) is 6.92 Å². The molecule has 0 aliphatic heterocycles. The zero-order valence-corrected chi connectivity index (χ0v) is 13.4. The molecule has 0 heterocycles. The average molecular weight is 305 g/mol. The molecule has 1 aromatic carbocycles. The van der Waals surface area contributed by atoms with E-state index in [1.165, 1.54) is 19.3 Å². The highest BCUT2D eigenvalue weighted by atomic mass is 35.5. The smallest absolute Gasteiger partial charge is 0.145 e. The van der Waals surface area contributed by atoms with Gasteiger partial charge < -0.3 is 9.47 Å². The van der Waals surface area contributed by atoms with E-state index in [0.717, 1.165) is 18.4 Å². The van der Waals surface area contributed by atoms with Gasteiger partial charge in [-0.2, -0.15) is 0 Å². The maximum absolute atomic E-state index is 6.46. The Kier molecular flexibility index (Phi) is 7.40. The van der Waals surface area contributed by atoms with Crippen LogP contribution in [-0.2, 0) is 0 Å². The molecule has 19 heavy (non-hydrogen) atoms. The van der Waals surface area contributed by atoms with Crippen molar-refractivity contribution in [3.05, 3.63) is 22.7 Å². The molecule has 0 aromatic heterocycles. The lowest BCUT2D eigenvalue weighted by molar-refractivity contribution is 0.390. The fraction of sp³-hybridized carbons (Fsp3) is 0.600. The van der Waals surface area contributed by atoms with Crippen LogP contribution in [-0.4, -0.2) is 14.2 Å². The van der Waals surface area contributed by atoms with Gasteiger partial charge in [0.1, 0.15) is 16.5 Å². The van der Waals surface area contributed by atoms with Gasteiger partial charge in [-0.15, -0.1) is 11.6 Å². The monoisotopic (exact) mass is 304 g/mol. The van der Waals surface area contributed by atoms with E-state index in [4.69, 9.17) is 32.7 Å². The number of alkyl halides is 1. The van der Waals surface area contributed by atoms with E-state index in [-0.39, 0.29) is 5.38 Å². The Hall–Kier alpha value is -0.600. The summed E-state index contributed by atoms with van der Waals surface area (Å²) in [7, 11) is 3.19. The normalized spacial score (nSPS) is 12.3. The first-order valence-electron chi connectivity index (χ1n) is 6.70. The second-order valence-electron chi connectivity index (χ2n) is 4.52. The molecule has 1 atom stereocenters. The first-order chi connectivity index (χ1) is 9.15. The minimum atomic E-state index is -0.0739. The molecule has 0 fully saturated rings. The fourth-order valence-electron chi connectivity index (χ4n) is 2.07. The van der Waals surface area contributed by atoms with Crippen LogP contribution in [0.1, 0.15) is 50.0 Å². The summed E-state index contributed by atoms with van der Waals surface area (Å²) in [4.78, 5) is 0. The molecule has 1 rings (SSSR count). The Morgan fingerprint density at radius 3 is 2.42 bits per heavy atom. The van der Waals surface area contributed by atoms with Crippen molar-refractivity contribution in [3.63, 3.8) is 0 Å². The van der Waals surface area contributed by atoms with Gasteiger partial charge in [-0.05, 0) is 12.5 Å². The summed E-state index contributed by atoms with van der Waals surface area (Å²) in [5, 5.41) is 0.414. The number of halogens is 2. The Morgan fingerprint density at radius 2 is 1.84 bits per heavy atom. The predicted octanol–water partition coefficient (Wildman–Crippen LogP) is 5.61. The third-order valence-corrected chi connectivity index (χ3v) is 3.98. The topological polar surface area (TPSA) is 18.5 Å².